The van der Waals surface area contributed by atoms with Crippen LogP contribution in [0.15, 0.2) is 17.5 Å². The van der Waals surface area contributed by atoms with E-state index in [-0.39, 0.29) is 0 Å². The molecule has 2 aliphatic rings. The summed E-state index contributed by atoms with van der Waals surface area (Å²) in [7, 11) is 0. The summed E-state index contributed by atoms with van der Waals surface area (Å²) in [5, 5.41) is 2.16. The summed E-state index contributed by atoms with van der Waals surface area (Å²) in [5.74, 6) is 0.870. The van der Waals surface area contributed by atoms with Gasteiger partial charge in [-0.1, -0.05) is 18.9 Å². The SMILES string of the molecule is c1csc(C2CCC3CCCCC3O2)c1. The molecule has 2 heterocycles. The van der Waals surface area contributed by atoms with Gasteiger partial charge in [-0.2, -0.15) is 0 Å². The molecule has 0 spiro atoms. The second-order valence-corrected chi connectivity index (χ2v) is 5.78. The number of hydrogen-bond acceptors (Lipinski definition) is 2. The van der Waals surface area contributed by atoms with Crippen LogP contribution in [0.2, 0.25) is 0 Å². The van der Waals surface area contributed by atoms with Crippen molar-refractivity contribution in [1.82, 2.24) is 0 Å². The molecule has 0 aromatic carbocycles. The van der Waals surface area contributed by atoms with Crippen molar-refractivity contribution >= 4 is 11.3 Å². The van der Waals surface area contributed by atoms with E-state index in [9.17, 15) is 0 Å². The molecule has 3 atom stereocenters. The first-order valence-electron chi connectivity index (χ1n) is 6.12. The van der Waals surface area contributed by atoms with Crippen molar-refractivity contribution in [3.63, 3.8) is 0 Å². The summed E-state index contributed by atoms with van der Waals surface area (Å²) in [5.41, 5.74) is 0. The molecule has 15 heavy (non-hydrogen) atoms. The quantitative estimate of drug-likeness (QED) is 0.693. The van der Waals surface area contributed by atoms with Gasteiger partial charge in [0.15, 0.2) is 0 Å². The van der Waals surface area contributed by atoms with Crippen LogP contribution >= 0.6 is 11.3 Å². The Kier molecular flexibility index (Phi) is 2.80. The molecule has 1 aliphatic heterocycles. The molecule has 1 saturated heterocycles. The molecule has 2 heteroatoms. The van der Waals surface area contributed by atoms with Crippen molar-refractivity contribution in [1.29, 1.82) is 0 Å². The molecule has 1 saturated carbocycles. The maximum atomic E-state index is 6.25. The van der Waals surface area contributed by atoms with E-state index in [0.29, 0.717) is 12.2 Å². The van der Waals surface area contributed by atoms with Gasteiger partial charge in [0.2, 0.25) is 0 Å². The average molecular weight is 222 g/mol. The van der Waals surface area contributed by atoms with Crippen molar-refractivity contribution in [2.75, 3.05) is 0 Å². The highest BCUT2D eigenvalue weighted by atomic mass is 32.1. The van der Waals surface area contributed by atoms with Crippen molar-refractivity contribution in [2.45, 2.75) is 50.7 Å². The minimum Gasteiger partial charge on any atom is -0.369 e. The molecule has 0 radical (unpaired) electrons. The lowest BCUT2D eigenvalue weighted by molar-refractivity contribution is -0.0993. The lowest BCUT2D eigenvalue weighted by Gasteiger charge is -2.39. The second-order valence-electron chi connectivity index (χ2n) is 4.80. The number of fused-ring (bicyclic) bond motifs is 1. The third-order valence-electron chi connectivity index (χ3n) is 3.84. The summed E-state index contributed by atoms with van der Waals surface area (Å²) < 4.78 is 6.25. The van der Waals surface area contributed by atoms with E-state index in [2.05, 4.69) is 17.5 Å². The lowest BCUT2D eigenvalue weighted by atomic mass is 9.80. The van der Waals surface area contributed by atoms with Crippen molar-refractivity contribution in [3.05, 3.63) is 22.4 Å². The molecule has 2 fully saturated rings. The van der Waals surface area contributed by atoms with E-state index in [1.54, 1.807) is 0 Å². The van der Waals surface area contributed by atoms with Crippen molar-refractivity contribution in [3.8, 4) is 0 Å². The van der Waals surface area contributed by atoms with E-state index in [4.69, 9.17) is 4.74 Å². The summed E-state index contributed by atoms with van der Waals surface area (Å²) in [6, 6.07) is 4.36. The lowest BCUT2D eigenvalue weighted by Crippen LogP contribution is -2.33. The maximum absolute atomic E-state index is 6.25. The average Bonchev–Trinajstić information content (AvgIpc) is 2.82. The Morgan fingerprint density at radius 2 is 2.07 bits per heavy atom. The van der Waals surface area contributed by atoms with Crippen LogP contribution in [0.25, 0.3) is 0 Å². The van der Waals surface area contributed by atoms with Crippen LogP contribution in [-0.4, -0.2) is 6.10 Å². The first-order chi connectivity index (χ1) is 7.43. The predicted molar refractivity (Wildman–Crippen MR) is 63.1 cm³/mol. The molecular weight excluding hydrogens is 204 g/mol. The van der Waals surface area contributed by atoms with E-state index in [1.807, 2.05) is 11.3 Å². The minimum atomic E-state index is 0.407. The van der Waals surface area contributed by atoms with E-state index in [0.717, 1.165) is 5.92 Å². The van der Waals surface area contributed by atoms with Gasteiger partial charge in [0.1, 0.15) is 0 Å². The van der Waals surface area contributed by atoms with Gasteiger partial charge in [-0.15, -0.1) is 11.3 Å². The first-order valence-corrected chi connectivity index (χ1v) is 7.00. The smallest absolute Gasteiger partial charge is 0.0920 e. The Morgan fingerprint density at radius 1 is 1.13 bits per heavy atom. The number of thiophene rings is 1. The van der Waals surface area contributed by atoms with Crippen LogP contribution in [0.1, 0.15) is 49.5 Å². The summed E-state index contributed by atoms with van der Waals surface area (Å²) in [6.45, 7) is 0. The minimum absolute atomic E-state index is 0.407. The van der Waals surface area contributed by atoms with Crippen molar-refractivity contribution in [2.24, 2.45) is 5.92 Å². The van der Waals surface area contributed by atoms with Gasteiger partial charge < -0.3 is 4.74 Å². The summed E-state index contributed by atoms with van der Waals surface area (Å²) in [4.78, 5) is 1.43. The largest absolute Gasteiger partial charge is 0.369 e. The van der Waals surface area contributed by atoms with Crippen molar-refractivity contribution < 1.29 is 4.74 Å². The second kappa shape index (κ2) is 4.26. The molecule has 82 valence electrons. The molecular formula is C13H18OS. The molecule has 0 bridgehead atoms. The number of ether oxygens (including phenoxy) is 1. The first kappa shape index (κ1) is 9.86. The molecule has 1 aliphatic carbocycles. The van der Waals surface area contributed by atoms with Crippen LogP contribution in [0, 0.1) is 5.92 Å². The predicted octanol–water partition coefficient (Wildman–Crippen LogP) is 4.16. The zero-order valence-electron chi connectivity index (χ0n) is 9.02. The van der Waals surface area contributed by atoms with Gasteiger partial charge in [0.05, 0.1) is 12.2 Å². The number of hydrogen-bond donors (Lipinski definition) is 0. The van der Waals surface area contributed by atoms with Gasteiger partial charge in [0, 0.05) is 4.88 Å². The van der Waals surface area contributed by atoms with Gasteiger partial charge in [-0.3, -0.25) is 0 Å². The highest BCUT2D eigenvalue weighted by molar-refractivity contribution is 7.10. The molecule has 1 aromatic rings. The van der Waals surface area contributed by atoms with Gasteiger partial charge in [-0.05, 0) is 43.0 Å². The topological polar surface area (TPSA) is 9.23 Å². The Bertz CT molecular complexity index is 306. The van der Waals surface area contributed by atoms with E-state index < -0.39 is 0 Å². The van der Waals surface area contributed by atoms with Crippen LogP contribution in [0.4, 0.5) is 0 Å². The fraction of sp³-hybridized carbons (Fsp3) is 0.692. The molecule has 0 N–H and O–H groups in total. The van der Waals surface area contributed by atoms with Gasteiger partial charge in [-0.25, -0.2) is 0 Å². The molecule has 1 aromatic heterocycles. The summed E-state index contributed by atoms with van der Waals surface area (Å²) >= 11 is 1.84. The van der Waals surface area contributed by atoms with Crippen LogP contribution in [0.5, 0.6) is 0 Å². The standard InChI is InChI=1S/C13H18OS/c1-2-5-11-10(4-1)7-8-12(14-11)13-6-3-9-15-13/h3,6,9-12H,1-2,4-5,7-8H2. The monoisotopic (exact) mass is 222 g/mol. The third-order valence-corrected chi connectivity index (χ3v) is 4.80. The highest BCUT2D eigenvalue weighted by Crippen LogP contribution is 2.41. The third kappa shape index (κ3) is 1.98. The fourth-order valence-electron chi connectivity index (χ4n) is 3.01. The van der Waals surface area contributed by atoms with Gasteiger partial charge >= 0.3 is 0 Å². The molecule has 0 amide bonds. The van der Waals surface area contributed by atoms with Crippen LogP contribution < -0.4 is 0 Å². The number of rotatable bonds is 1. The fourth-order valence-corrected chi connectivity index (χ4v) is 3.81. The van der Waals surface area contributed by atoms with Crippen LogP contribution in [0.3, 0.4) is 0 Å². The Balaban J connectivity index is 1.70. The van der Waals surface area contributed by atoms with Crippen LogP contribution in [-0.2, 0) is 4.74 Å². The normalized spacial score (nSPS) is 36.1. The Labute approximate surface area is 95.5 Å². The zero-order chi connectivity index (χ0) is 10.1. The van der Waals surface area contributed by atoms with Gasteiger partial charge in [0.25, 0.3) is 0 Å². The Morgan fingerprint density at radius 3 is 2.93 bits per heavy atom. The van der Waals surface area contributed by atoms with E-state index >= 15 is 0 Å². The zero-order valence-corrected chi connectivity index (χ0v) is 9.84. The molecule has 1 nitrogen and oxygen atoms in total. The molecule has 3 rings (SSSR count). The summed E-state index contributed by atoms with van der Waals surface area (Å²) in [6.07, 6.45) is 9.10. The van der Waals surface area contributed by atoms with E-state index in [1.165, 1.54) is 43.4 Å². The Hall–Kier alpha value is -0.340. The molecule has 3 unspecified atom stereocenters. The highest BCUT2D eigenvalue weighted by Gasteiger charge is 2.33. The maximum Gasteiger partial charge on any atom is 0.0920 e.